The van der Waals surface area contributed by atoms with E-state index >= 15 is 0 Å². The van der Waals surface area contributed by atoms with Gasteiger partial charge >= 0.3 is 12.1 Å². The van der Waals surface area contributed by atoms with Gasteiger partial charge in [-0.05, 0) is 42.9 Å². The lowest BCUT2D eigenvalue weighted by Crippen LogP contribution is -2.57. The van der Waals surface area contributed by atoms with Gasteiger partial charge < -0.3 is 24.4 Å². The van der Waals surface area contributed by atoms with Gasteiger partial charge in [-0.15, -0.1) is 0 Å². The Hall–Kier alpha value is -2.29. The van der Waals surface area contributed by atoms with Crippen LogP contribution in [0.5, 0.6) is 5.75 Å². The maximum Gasteiger partial charge on any atom is 0.407 e. The van der Waals surface area contributed by atoms with E-state index in [1.165, 1.54) is 19.1 Å². The van der Waals surface area contributed by atoms with Gasteiger partial charge in [0.25, 0.3) is 0 Å². The highest BCUT2D eigenvalue weighted by molar-refractivity contribution is 9.10. The molecule has 0 saturated carbocycles. The van der Waals surface area contributed by atoms with Gasteiger partial charge in [-0.1, -0.05) is 35.8 Å². The second-order valence-corrected chi connectivity index (χ2v) is 8.74. The largest absolute Gasteiger partial charge is 0.494 e. The van der Waals surface area contributed by atoms with Gasteiger partial charge in [0.2, 0.25) is 5.91 Å². The summed E-state index contributed by atoms with van der Waals surface area (Å²) < 4.78 is 16.3. The first kappa shape index (κ1) is 24.0. The van der Waals surface area contributed by atoms with Crippen LogP contribution in [0, 0.1) is 5.41 Å². The number of hydrogen-bond acceptors (Lipinski definition) is 6. The number of ether oxygens (including phenoxy) is 3. The molecule has 2 atom stereocenters. The Morgan fingerprint density at radius 2 is 2.00 bits per heavy atom. The van der Waals surface area contributed by atoms with Crippen molar-refractivity contribution < 1.29 is 28.6 Å². The van der Waals surface area contributed by atoms with Crippen molar-refractivity contribution in [3.8, 4) is 5.75 Å². The summed E-state index contributed by atoms with van der Waals surface area (Å²) in [5.41, 5.74) is -0.666. The molecule has 2 unspecified atom stereocenters. The van der Waals surface area contributed by atoms with Gasteiger partial charge in [0, 0.05) is 11.0 Å². The van der Waals surface area contributed by atoms with Crippen LogP contribution in [0.1, 0.15) is 33.1 Å². The zero-order chi connectivity index (χ0) is 22.3. The Morgan fingerprint density at radius 1 is 1.27 bits per heavy atom. The summed E-state index contributed by atoms with van der Waals surface area (Å²) in [4.78, 5) is 38.9. The number of alkyl carbamates (subject to hydrolysis) is 1. The van der Waals surface area contributed by atoms with Gasteiger partial charge in [-0.25, -0.2) is 9.59 Å². The number of carbonyl (C=O) groups is 3. The molecule has 0 spiro atoms. The van der Waals surface area contributed by atoms with E-state index in [9.17, 15) is 14.4 Å². The van der Waals surface area contributed by atoms with Crippen molar-refractivity contribution in [1.29, 1.82) is 0 Å². The maximum absolute atomic E-state index is 13.4. The lowest BCUT2D eigenvalue weighted by Gasteiger charge is -2.37. The minimum absolute atomic E-state index is 0.333. The monoisotopic (exact) mass is 484 g/mol. The Morgan fingerprint density at radius 3 is 2.63 bits per heavy atom. The highest BCUT2D eigenvalue weighted by Crippen LogP contribution is 2.30. The Balaban J connectivity index is 2.13. The normalized spacial score (nSPS) is 17.2. The highest BCUT2D eigenvalue weighted by atomic mass is 79.9. The van der Waals surface area contributed by atoms with Crippen LogP contribution in [0.15, 0.2) is 28.7 Å². The number of carbonyl (C=O) groups excluding carboxylic acids is 3. The minimum Gasteiger partial charge on any atom is -0.494 e. The standard InChI is InChI=1S/C21H29BrN2O6/c1-21(2,10-12-30-15-8-5-7-14(22)13-15)17(23-20(27)29-4)18(25)24-11-6-9-16(24)19(26)28-3/h5,7-8,13,16-17H,6,9-12H2,1-4H3,(H,23,27). The van der Waals surface area contributed by atoms with E-state index in [0.717, 1.165) is 4.47 Å². The smallest absolute Gasteiger partial charge is 0.407 e. The van der Waals surface area contributed by atoms with Gasteiger partial charge in [0.05, 0.1) is 20.8 Å². The fourth-order valence-corrected chi connectivity index (χ4v) is 3.86. The number of amides is 2. The first-order chi connectivity index (χ1) is 14.2. The van der Waals surface area contributed by atoms with Crippen molar-refractivity contribution in [3.63, 3.8) is 0 Å². The minimum atomic E-state index is -0.888. The van der Waals surface area contributed by atoms with Gasteiger partial charge in [0.1, 0.15) is 17.8 Å². The number of halogens is 1. The summed E-state index contributed by atoms with van der Waals surface area (Å²) >= 11 is 3.40. The molecule has 1 aromatic rings. The number of hydrogen-bond donors (Lipinski definition) is 1. The van der Waals surface area contributed by atoms with Crippen LogP contribution in [0.4, 0.5) is 4.79 Å². The van der Waals surface area contributed by atoms with Crippen LogP contribution in [0.2, 0.25) is 0 Å². The quantitative estimate of drug-likeness (QED) is 0.569. The predicted octanol–water partition coefficient (Wildman–Crippen LogP) is 3.13. The van der Waals surface area contributed by atoms with E-state index in [0.29, 0.717) is 38.2 Å². The van der Waals surface area contributed by atoms with E-state index in [1.54, 1.807) is 0 Å². The molecular formula is C21H29BrN2O6. The molecule has 1 heterocycles. The first-order valence-corrected chi connectivity index (χ1v) is 10.6. The van der Waals surface area contributed by atoms with E-state index in [1.807, 2.05) is 38.1 Å². The molecule has 9 heteroatoms. The summed E-state index contributed by atoms with van der Waals surface area (Å²) in [6, 6.07) is 5.95. The zero-order valence-corrected chi connectivity index (χ0v) is 19.4. The highest BCUT2D eigenvalue weighted by Gasteiger charge is 2.44. The van der Waals surface area contributed by atoms with Crippen LogP contribution in [-0.4, -0.2) is 62.3 Å². The topological polar surface area (TPSA) is 94.2 Å². The van der Waals surface area contributed by atoms with E-state index < -0.39 is 29.6 Å². The molecule has 0 aromatic heterocycles. The van der Waals surface area contributed by atoms with Crippen molar-refractivity contribution in [1.82, 2.24) is 10.2 Å². The molecule has 1 aromatic carbocycles. The first-order valence-electron chi connectivity index (χ1n) is 9.80. The predicted molar refractivity (Wildman–Crippen MR) is 114 cm³/mol. The molecule has 1 N–H and O–H groups in total. The van der Waals surface area contributed by atoms with E-state index in [2.05, 4.69) is 21.2 Å². The zero-order valence-electron chi connectivity index (χ0n) is 17.8. The van der Waals surface area contributed by atoms with Gasteiger partial charge in [-0.2, -0.15) is 0 Å². The third-order valence-corrected chi connectivity index (χ3v) is 5.79. The van der Waals surface area contributed by atoms with Gasteiger partial charge in [0.15, 0.2) is 0 Å². The molecule has 8 nitrogen and oxygen atoms in total. The van der Waals surface area contributed by atoms with E-state index in [-0.39, 0.29) is 5.91 Å². The number of benzene rings is 1. The Labute approximate surface area is 185 Å². The summed E-state index contributed by atoms with van der Waals surface area (Å²) in [6.45, 7) is 4.52. The van der Waals surface area contributed by atoms with Crippen LogP contribution in [0.25, 0.3) is 0 Å². The number of nitrogens with zero attached hydrogens (tertiary/aromatic N) is 1. The summed E-state index contributed by atoms with van der Waals surface area (Å²) in [7, 11) is 2.55. The SMILES string of the molecule is COC(=O)NC(C(=O)N1CCCC1C(=O)OC)C(C)(C)CCOc1cccc(Br)c1. The van der Waals surface area contributed by atoms with Crippen molar-refractivity contribution in [3.05, 3.63) is 28.7 Å². The Kier molecular flexibility index (Phi) is 8.52. The molecule has 0 radical (unpaired) electrons. The average Bonchev–Trinajstić information content (AvgIpc) is 3.20. The van der Waals surface area contributed by atoms with Crippen molar-refractivity contribution in [2.75, 3.05) is 27.4 Å². The second-order valence-electron chi connectivity index (χ2n) is 7.83. The van der Waals surface area contributed by atoms with Crippen LogP contribution < -0.4 is 10.1 Å². The third-order valence-electron chi connectivity index (χ3n) is 5.30. The lowest BCUT2D eigenvalue weighted by atomic mass is 9.80. The summed E-state index contributed by atoms with van der Waals surface area (Å²) in [5, 5.41) is 2.65. The van der Waals surface area contributed by atoms with Crippen molar-refractivity contribution >= 4 is 33.9 Å². The van der Waals surface area contributed by atoms with E-state index in [4.69, 9.17) is 14.2 Å². The molecule has 1 aliphatic rings. The number of likely N-dealkylation sites (tertiary alicyclic amines) is 1. The fourth-order valence-electron chi connectivity index (χ4n) is 3.48. The van der Waals surface area contributed by atoms with Crippen molar-refractivity contribution in [2.45, 2.75) is 45.2 Å². The molecule has 30 heavy (non-hydrogen) atoms. The summed E-state index contributed by atoms with van der Waals surface area (Å²) in [5.74, 6) is -0.0801. The fraction of sp³-hybridized carbons (Fsp3) is 0.571. The molecule has 2 amide bonds. The molecular weight excluding hydrogens is 456 g/mol. The molecule has 2 rings (SSSR count). The lowest BCUT2D eigenvalue weighted by molar-refractivity contribution is -0.152. The molecule has 1 fully saturated rings. The molecule has 1 aliphatic heterocycles. The third kappa shape index (κ3) is 6.10. The molecule has 166 valence electrons. The van der Waals surface area contributed by atoms with Crippen LogP contribution in [0.3, 0.4) is 0 Å². The van der Waals surface area contributed by atoms with Crippen LogP contribution >= 0.6 is 15.9 Å². The van der Waals surface area contributed by atoms with Crippen molar-refractivity contribution in [2.24, 2.45) is 5.41 Å². The summed E-state index contributed by atoms with van der Waals surface area (Å²) in [6.07, 6.45) is 1.01. The maximum atomic E-state index is 13.4. The van der Waals surface area contributed by atoms with Crippen LogP contribution in [-0.2, 0) is 19.1 Å². The Bertz CT molecular complexity index is 770. The number of nitrogens with one attached hydrogen (secondary N) is 1. The van der Waals surface area contributed by atoms with Gasteiger partial charge in [-0.3, -0.25) is 4.79 Å². The number of methoxy groups -OCH3 is 2. The molecule has 0 aliphatic carbocycles. The number of esters is 1. The molecule has 0 bridgehead atoms. The second kappa shape index (κ2) is 10.7. The molecule has 1 saturated heterocycles. The average molecular weight is 485 g/mol. The number of rotatable bonds is 8.